The van der Waals surface area contributed by atoms with Crippen molar-refractivity contribution in [1.82, 2.24) is 0 Å². The van der Waals surface area contributed by atoms with Crippen LogP contribution in [0.2, 0.25) is 0 Å². The molecule has 2 rings (SSSR count). The van der Waals surface area contributed by atoms with Gasteiger partial charge >= 0.3 is 0 Å². The maximum absolute atomic E-state index is 10.7. The van der Waals surface area contributed by atoms with Crippen molar-refractivity contribution in [1.29, 1.82) is 0 Å². The zero-order valence-electron chi connectivity index (χ0n) is 20.3. The Hall–Kier alpha value is -0.800. The van der Waals surface area contributed by atoms with E-state index in [0.29, 0.717) is 6.42 Å². The number of aliphatic hydroxyl groups excluding tert-OH is 1. The lowest BCUT2D eigenvalue weighted by Crippen LogP contribution is -2.51. The second-order valence-corrected chi connectivity index (χ2v) is 8.68. The summed E-state index contributed by atoms with van der Waals surface area (Å²) in [6, 6.07) is 0. The number of hydrogen-bond donors (Lipinski definition) is 1. The van der Waals surface area contributed by atoms with Crippen molar-refractivity contribution in [2.24, 2.45) is 11.8 Å². The quantitative estimate of drug-likeness (QED) is 0.367. The van der Waals surface area contributed by atoms with Crippen molar-refractivity contribution in [3.63, 3.8) is 0 Å². The number of rotatable bonds is 12. The fourth-order valence-corrected chi connectivity index (χ4v) is 4.53. The summed E-state index contributed by atoms with van der Waals surface area (Å²) in [7, 11) is 6.71. The van der Waals surface area contributed by atoms with Crippen molar-refractivity contribution >= 4 is 0 Å². The smallest absolute Gasteiger partial charge is 0.160 e. The molecule has 7 heteroatoms. The van der Waals surface area contributed by atoms with Crippen LogP contribution in [0.4, 0.5) is 0 Å². The first-order valence-electron chi connectivity index (χ1n) is 11.3. The van der Waals surface area contributed by atoms with Crippen LogP contribution in [-0.2, 0) is 28.4 Å². The lowest BCUT2D eigenvalue weighted by Gasteiger charge is -2.40. The summed E-state index contributed by atoms with van der Waals surface area (Å²) in [5, 5.41) is 10.7. The second kappa shape index (κ2) is 12.4. The van der Waals surface area contributed by atoms with Crippen LogP contribution in [0, 0.1) is 11.8 Å². The largest absolute Gasteiger partial charge is 0.390 e. The molecule has 0 spiro atoms. The highest BCUT2D eigenvalue weighted by Crippen LogP contribution is 2.37. The minimum absolute atomic E-state index is 0.0437. The first-order chi connectivity index (χ1) is 14.8. The molecule has 7 nitrogen and oxygen atoms in total. The Bertz CT molecular complexity index is 588. The SMILES string of the molecule is CC[C@H](OC)[C@@H](C)[C@H]1O[C@@H]1[C@H](O)[C@@H](C)/C=C/C=C(\C)[C@@H]1O[C@@H](OC)C[C@@H](OC)[C@H]1OC. The van der Waals surface area contributed by atoms with Gasteiger partial charge in [-0.2, -0.15) is 0 Å². The predicted molar refractivity (Wildman–Crippen MR) is 119 cm³/mol. The standard InChI is InChI=1S/C24H42O7/c1-9-17(26-5)16(4)22-24(31-22)20(25)14(2)11-10-12-15(3)21-23(29-8)18(27-6)13-19(28-7)30-21/h10-12,14,16-25H,9,13H2,1-8H3/b11-10+,15-12+/t14-,16+,17-,18+,19+,20+,21-,22+,23+,24+/m0/s1. The molecule has 1 N–H and O–H groups in total. The number of ether oxygens (including phenoxy) is 6. The van der Waals surface area contributed by atoms with Gasteiger partial charge in [0.05, 0.1) is 24.4 Å². The topological polar surface area (TPSA) is 78.9 Å². The summed E-state index contributed by atoms with van der Waals surface area (Å²) < 4.78 is 34.0. The van der Waals surface area contributed by atoms with Crippen LogP contribution in [-0.4, -0.2) is 82.6 Å². The summed E-state index contributed by atoms with van der Waals surface area (Å²) in [5.41, 5.74) is 1.01. The van der Waals surface area contributed by atoms with Gasteiger partial charge in [-0.25, -0.2) is 0 Å². The molecule has 2 aliphatic heterocycles. The molecule has 10 atom stereocenters. The highest BCUT2D eigenvalue weighted by atomic mass is 16.7. The average molecular weight is 443 g/mol. The monoisotopic (exact) mass is 442 g/mol. The molecule has 0 amide bonds. The van der Waals surface area contributed by atoms with Crippen molar-refractivity contribution in [3.05, 3.63) is 23.8 Å². The van der Waals surface area contributed by atoms with Gasteiger partial charge in [-0.15, -0.1) is 0 Å². The van der Waals surface area contributed by atoms with Crippen molar-refractivity contribution in [2.45, 2.75) is 89.6 Å². The second-order valence-electron chi connectivity index (χ2n) is 8.68. The molecule has 180 valence electrons. The Balaban J connectivity index is 1.96. The third-order valence-electron chi connectivity index (χ3n) is 6.69. The van der Waals surface area contributed by atoms with Crippen LogP contribution in [0.5, 0.6) is 0 Å². The molecule has 2 aliphatic rings. The molecule has 0 aromatic heterocycles. The Labute approximate surface area is 187 Å². The zero-order valence-corrected chi connectivity index (χ0v) is 20.3. The zero-order chi connectivity index (χ0) is 23.1. The maximum atomic E-state index is 10.7. The molecule has 2 saturated heterocycles. The van der Waals surface area contributed by atoms with Crippen LogP contribution in [0.15, 0.2) is 23.8 Å². The van der Waals surface area contributed by atoms with E-state index in [-0.39, 0.29) is 54.7 Å². The molecule has 0 aliphatic carbocycles. The Morgan fingerprint density at radius 2 is 1.77 bits per heavy atom. The van der Waals surface area contributed by atoms with Gasteiger partial charge in [-0.05, 0) is 18.9 Å². The van der Waals surface area contributed by atoms with Crippen LogP contribution >= 0.6 is 0 Å². The van der Waals surface area contributed by atoms with Crippen LogP contribution in [0.1, 0.15) is 40.5 Å². The summed E-state index contributed by atoms with van der Waals surface area (Å²) >= 11 is 0. The molecule has 0 aromatic carbocycles. The summed E-state index contributed by atoms with van der Waals surface area (Å²) in [4.78, 5) is 0. The van der Waals surface area contributed by atoms with Crippen LogP contribution in [0.3, 0.4) is 0 Å². The van der Waals surface area contributed by atoms with Gasteiger partial charge in [-0.3, -0.25) is 0 Å². The Kier molecular flexibility index (Phi) is 10.6. The molecule has 0 radical (unpaired) electrons. The summed E-state index contributed by atoms with van der Waals surface area (Å²) in [5.74, 6) is 0.211. The van der Waals surface area contributed by atoms with Gasteiger partial charge in [-0.1, -0.05) is 39.0 Å². The molecular weight excluding hydrogens is 400 g/mol. The normalized spacial score (nSPS) is 35.7. The predicted octanol–water partition coefficient (Wildman–Crippen LogP) is 3.11. The average Bonchev–Trinajstić information content (AvgIpc) is 3.58. The van der Waals surface area contributed by atoms with E-state index >= 15 is 0 Å². The number of hydrogen-bond acceptors (Lipinski definition) is 7. The van der Waals surface area contributed by atoms with E-state index in [9.17, 15) is 5.11 Å². The first-order valence-corrected chi connectivity index (χ1v) is 11.3. The number of allylic oxidation sites excluding steroid dienone is 2. The van der Waals surface area contributed by atoms with E-state index in [1.54, 1.807) is 28.4 Å². The van der Waals surface area contributed by atoms with Crippen LogP contribution < -0.4 is 0 Å². The fraction of sp³-hybridized carbons (Fsp3) is 0.833. The van der Waals surface area contributed by atoms with E-state index in [2.05, 4.69) is 13.8 Å². The number of epoxide rings is 1. The van der Waals surface area contributed by atoms with Gasteiger partial charge in [0.2, 0.25) is 0 Å². The molecule has 2 heterocycles. The minimum atomic E-state index is -0.555. The van der Waals surface area contributed by atoms with E-state index in [4.69, 9.17) is 28.4 Å². The molecular formula is C24H42O7. The highest BCUT2D eigenvalue weighted by molar-refractivity contribution is 5.18. The van der Waals surface area contributed by atoms with Crippen molar-refractivity contribution < 1.29 is 33.5 Å². The molecule has 0 unspecified atom stereocenters. The highest BCUT2D eigenvalue weighted by Gasteiger charge is 2.50. The third-order valence-corrected chi connectivity index (χ3v) is 6.69. The Morgan fingerprint density at radius 1 is 1.06 bits per heavy atom. The maximum Gasteiger partial charge on any atom is 0.160 e. The van der Waals surface area contributed by atoms with Gasteiger partial charge in [0.15, 0.2) is 6.29 Å². The van der Waals surface area contributed by atoms with E-state index in [1.165, 1.54) is 0 Å². The lowest BCUT2D eigenvalue weighted by molar-refractivity contribution is -0.241. The summed E-state index contributed by atoms with van der Waals surface area (Å²) in [6.07, 6.45) is 6.08. The fourth-order valence-electron chi connectivity index (χ4n) is 4.53. The van der Waals surface area contributed by atoms with Gasteiger partial charge < -0.3 is 33.5 Å². The van der Waals surface area contributed by atoms with Crippen molar-refractivity contribution in [3.8, 4) is 0 Å². The van der Waals surface area contributed by atoms with E-state index in [0.717, 1.165) is 12.0 Å². The Morgan fingerprint density at radius 3 is 2.32 bits per heavy atom. The van der Waals surface area contributed by atoms with Gasteiger partial charge in [0.1, 0.15) is 18.3 Å². The van der Waals surface area contributed by atoms with Gasteiger partial charge in [0.25, 0.3) is 0 Å². The first kappa shape index (κ1) is 26.5. The number of aliphatic hydroxyl groups is 1. The number of methoxy groups -OCH3 is 4. The van der Waals surface area contributed by atoms with E-state index < -0.39 is 6.10 Å². The molecule has 31 heavy (non-hydrogen) atoms. The van der Waals surface area contributed by atoms with Crippen LogP contribution in [0.25, 0.3) is 0 Å². The summed E-state index contributed by atoms with van der Waals surface area (Å²) in [6.45, 7) is 8.23. The van der Waals surface area contributed by atoms with Gasteiger partial charge in [0, 0.05) is 46.7 Å². The third kappa shape index (κ3) is 6.60. The lowest BCUT2D eigenvalue weighted by atomic mass is 9.91. The molecule has 0 bridgehead atoms. The van der Waals surface area contributed by atoms with E-state index in [1.807, 2.05) is 32.1 Å². The molecule has 0 saturated carbocycles. The minimum Gasteiger partial charge on any atom is -0.390 e. The molecule has 2 fully saturated rings. The molecule has 0 aromatic rings. The van der Waals surface area contributed by atoms with Crippen molar-refractivity contribution in [2.75, 3.05) is 28.4 Å².